The molecular formula is C22H29FIN5. The highest BCUT2D eigenvalue weighted by atomic mass is 127. The Morgan fingerprint density at radius 2 is 2.03 bits per heavy atom. The van der Waals surface area contributed by atoms with Crippen molar-refractivity contribution in [3.63, 3.8) is 0 Å². The maximum atomic E-state index is 14.0. The first-order valence-corrected chi connectivity index (χ1v) is 10.0. The molecule has 156 valence electrons. The summed E-state index contributed by atoms with van der Waals surface area (Å²) in [6.45, 7) is 2.44. The number of rotatable bonds is 6. The van der Waals surface area contributed by atoms with Crippen LogP contribution in [0.25, 0.3) is 0 Å². The van der Waals surface area contributed by atoms with Crippen molar-refractivity contribution in [2.45, 2.75) is 31.7 Å². The number of aliphatic imine (C=N–C) groups is 1. The molecule has 0 spiro atoms. The lowest BCUT2D eigenvalue weighted by Crippen LogP contribution is -2.46. The van der Waals surface area contributed by atoms with Crippen LogP contribution >= 0.6 is 24.0 Å². The van der Waals surface area contributed by atoms with Crippen molar-refractivity contribution in [3.05, 3.63) is 60.0 Å². The van der Waals surface area contributed by atoms with Crippen LogP contribution in [-0.2, 0) is 6.42 Å². The predicted octanol–water partition coefficient (Wildman–Crippen LogP) is 3.61. The molecule has 1 unspecified atom stereocenters. The lowest BCUT2D eigenvalue weighted by Gasteiger charge is -2.22. The average molecular weight is 509 g/mol. The molecule has 1 aliphatic carbocycles. The number of guanidine groups is 1. The van der Waals surface area contributed by atoms with Gasteiger partial charge in [-0.3, -0.25) is 4.99 Å². The topological polar surface area (TPSA) is 52.6 Å². The van der Waals surface area contributed by atoms with Crippen LogP contribution in [0.4, 0.5) is 10.2 Å². The van der Waals surface area contributed by atoms with Crippen LogP contribution in [0.1, 0.15) is 24.8 Å². The molecular weight excluding hydrogens is 480 g/mol. The summed E-state index contributed by atoms with van der Waals surface area (Å²) in [6.07, 6.45) is 6.19. The highest BCUT2D eigenvalue weighted by molar-refractivity contribution is 14.0. The summed E-state index contributed by atoms with van der Waals surface area (Å²) in [5, 5.41) is 7.01. The second-order valence-corrected chi connectivity index (χ2v) is 7.97. The molecule has 4 rings (SSSR count). The monoisotopic (exact) mass is 509 g/mol. The molecule has 1 atom stereocenters. The highest BCUT2D eigenvalue weighted by Crippen LogP contribution is 2.47. The zero-order valence-corrected chi connectivity index (χ0v) is 19.1. The Balaban J connectivity index is 0.00000240. The Bertz CT molecular complexity index is 825. The van der Waals surface area contributed by atoms with Gasteiger partial charge >= 0.3 is 0 Å². The highest BCUT2D eigenvalue weighted by Gasteiger charge is 2.42. The van der Waals surface area contributed by atoms with Crippen LogP contribution in [0.2, 0.25) is 0 Å². The summed E-state index contributed by atoms with van der Waals surface area (Å²) in [7, 11) is 1.80. The lowest BCUT2D eigenvalue weighted by molar-refractivity contribution is 0.489. The van der Waals surface area contributed by atoms with E-state index in [9.17, 15) is 4.39 Å². The number of nitrogens with one attached hydrogen (secondary N) is 2. The molecule has 7 heteroatoms. The average Bonchev–Trinajstić information content (AvgIpc) is 3.32. The second kappa shape index (κ2) is 9.73. The predicted molar refractivity (Wildman–Crippen MR) is 127 cm³/mol. The number of hydrogen-bond acceptors (Lipinski definition) is 3. The van der Waals surface area contributed by atoms with E-state index in [0.717, 1.165) is 38.4 Å². The summed E-state index contributed by atoms with van der Waals surface area (Å²) < 4.78 is 14.0. The van der Waals surface area contributed by atoms with Gasteiger partial charge in [0.1, 0.15) is 0 Å². The van der Waals surface area contributed by atoms with Crippen LogP contribution in [0.15, 0.2) is 53.7 Å². The zero-order valence-electron chi connectivity index (χ0n) is 16.8. The van der Waals surface area contributed by atoms with Gasteiger partial charge in [-0.25, -0.2) is 9.37 Å². The molecule has 0 amide bonds. The van der Waals surface area contributed by atoms with Crippen LogP contribution in [0.3, 0.4) is 0 Å². The first kappa shape index (κ1) is 21.8. The Labute approximate surface area is 189 Å². The van der Waals surface area contributed by atoms with E-state index in [-0.39, 0.29) is 35.8 Å². The van der Waals surface area contributed by atoms with Gasteiger partial charge in [-0.05, 0) is 48.8 Å². The Kier molecular flexibility index (Phi) is 7.32. The fraction of sp³-hybridized carbons (Fsp3) is 0.455. The van der Waals surface area contributed by atoms with Crippen molar-refractivity contribution < 1.29 is 4.39 Å². The van der Waals surface area contributed by atoms with E-state index in [0.29, 0.717) is 11.2 Å². The van der Waals surface area contributed by atoms with Gasteiger partial charge in [0.25, 0.3) is 0 Å². The van der Waals surface area contributed by atoms with Crippen molar-refractivity contribution in [1.82, 2.24) is 15.6 Å². The normalized spacial score (nSPS) is 20.1. The van der Waals surface area contributed by atoms with Gasteiger partial charge in [-0.1, -0.05) is 30.3 Å². The molecule has 29 heavy (non-hydrogen) atoms. The summed E-state index contributed by atoms with van der Waals surface area (Å²) in [5.41, 5.74) is 1.74. The first-order valence-electron chi connectivity index (χ1n) is 10.0. The molecule has 0 bridgehead atoms. The third-order valence-electron chi connectivity index (χ3n) is 5.80. The zero-order chi connectivity index (χ0) is 19.4. The number of pyridine rings is 1. The van der Waals surface area contributed by atoms with Crippen molar-refractivity contribution in [2.24, 2.45) is 10.4 Å². The van der Waals surface area contributed by atoms with E-state index < -0.39 is 0 Å². The number of hydrogen-bond donors (Lipinski definition) is 2. The molecule has 1 aliphatic heterocycles. The third-order valence-corrected chi connectivity index (χ3v) is 5.80. The summed E-state index contributed by atoms with van der Waals surface area (Å²) in [6, 6.07) is 14.0. The van der Waals surface area contributed by atoms with Gasteiger partial charge in [-0.2, -0.15) is 0 Å². The lowest BCUT2D eigenvalue weighted by atomic mass is 9.96. The SMILES string of the molecule is CN=C(NCC1(Cc2ccccc2)CC1)NC1CCN(c2ncccc2F)C1.I. The molecule has 2 aliphatic rings. The molecule has 0 radical (unpaired) electrons. The van der Waals surface area contributed by atoms with Crippen molar-refractivity contribution >= 4 is 35.8 Å². The quantitative estimate of drug-likeness (QED) is 0.355. The third kappa shape index (κ3) is 5.58. The van der Waals surface area contributed by atoms with Gasteiger partial charge in [0, 0.05) is 38.9 Å². The van der Waals surface area contributed by atoms with E-state index >= 15 is 0 Å². The number of nitrogens with zero attached hydrogens (tertiary/aromatic N) is 3. The molecule has 2 fully saturated rings. The number of anilines is 1. The van der Waals surface area contributed by atoms with Gasteiger partial charge in [0.2, 0.25) is 0 Å². The summed E-state index contributed by atoms with van der Waals surface area (Å²) in [4.78, 5) is 10.6. The van der Waals surface area contributed by atoms with Crippen LogP contribution < -0.4 is 15.5 Å². The maximum Gasteiger partial charge on any atom is 0.191 e. The number of halogens is 2. The van der Waals surface area contributed by atoms with Gasteiger partial charge in [-0.15, -0.1) is 24.0 Å². The van der Waals surface area contributed by atoms with Crippen LogP contribution in [0.5, 0.6) is 0 Å². The van der Waals surface area contributed by atoms with Gasteiger partial charge < -0.3 is 15.5 Å². The van der Waals surface area contributed by atoms with Crippen molar-refractivity contribution in [2.75, 3.05) is 31.6 Å². The van der Waals surface area contributed by atoms with Gasteiger partial charge in [0.15, 0.2) is 17.6 Å². The molecule has 1 aromatic carbocycles. The van der Waals surface area contributed by atoms with E-state index in [4.69, 9.17) is 0 Å². The fourth-order valence-corrected chi connectivity index (χ4v) is 3.96. The number of aromatic nitrogens is 1. The van der Waals surface area contributed by atoms with Gasteiger partial charge in [0.05, 0.1) is 0 Å². The second-order valence-electron chi connectivity index (χ2n) is 7.97. The Morgan fingerprint density at radius 1 is 1.24 bits per heavy atom. The van der Waals surface area contributed by atoms with E-state index in [1.54, 1.807) is 19.3 Å². The molecule has 1 aromatic heterocycles. The Morgan fingerprint density at radius 3 is 2.72 bits per heavy atom. The smallest absolute Gasteiger partial charge is 0.191 e. The van der Waals surface area contributed by atoms with E-state index in [1.807, 2.05) is 4.90 Å². The molecule has 2 heterocycles. The minimum absolute atomic E-state index is 0. The fourth-order valence-electron chi connectivity index (χ4n) is 3.96. The summed E-state index contributed by atoms with van der Waals surface area (Å²) >= 11 is 0. The minimum Gasteiger partial charge on any atom is -0.356 e. The van der Waals surface area contributed by atoms with E-state index in [2.05, 4.69) is 50.9 Å². The Hall–Kier alpha value is -1.90. The standard InChI is InChI=1S/C22H28FN5.HI/c1-24-21(26-16-22(10-11-22)14-17-6-3-2-4-7-17)27-18-9-13-28(15-18)20-19(23)8-5-12-25-20;/h2-8,12,18H,9-11,13-16H2,1H3,(H2,24,26,27);1H. The molecule has 5 nitrogen and oxygen atoms in total. The molecule has 1 saturated carbocycles. The molecule has 1 saturated heterocycles. The first-order chi connectivity index (χ1) is 13.7. The minimum atomic E-state index is -0.262. The molecule has 2 N–H and O–H groups in total. The largest absolute Gasteiger partial charge is 0.356 e. The van der Waals surface area contributed by atoms with Crippen LogP contribution in [0, 0.1) is 11.2 Å². The van der Waals surface area contributed by atoms with Crippen molar-refractivity contribution in [3.8, 4) is 0 Å². The molecule has 2 aromatic rings. The van der Waals surface area contributed by atoms with Crippen LogP contribution in [-0.4, -0.2) is 43.7 Å². The summed E-state index contributed by atoms with van der Waals surface area (Å²) in [5.74, 6) is 1.00. The number of benzene rings is 1. The maximum absolute atomic E-state index is 14.0. The van der Waals surface area contributed by atoms with Crippen molar-refractivity contribution in [1.29, 1.82) is 0 Å². The van der Waals surface area contributed by atoms with E-state index in [1.165, 1.54) is 24.5 Å².